The van der Waals surface area contributed by atoms with Gasteiger partial charge in [-0.3, -0.25) is 5.10 Å². The second-order valence-electron chi connectivity index (χ2n) is 3.50. The number of anilines is 1. The molecular weight excluding hydrogens is 310 g/mol. The lowest BCUT2D eigenvalue weighted by molar-refractivity contribution is 1.02. The first-order chi connectivity index (χ1) is 7.58. The lowest BCUT2D eigenvalue weighted by Gasteiger charge is -2.03. The summed E-state index contributed by atoms with van der Waals surface area (Å²) in [6.45, 7) is 4.74. The molecule has 0 atom stereocenters. The van der Waals surface area contributed by atoms with E-state index in [1.165, 1.54) is 4.88 Å². The van der Waals surface area contributed by atoms with Gasteiger partial charge in [-0.2, -0.15) is 5.10 Å². The Morgan fingerprint density at radius 2 is 2.31 bits per heavy atom. The Bertz CT molecular complexity index is 467. The monoisotopic (exact) mass is 319 g/mol. The molecule has 2 aromatic rings. The predicted molar refractivity (Wildman–Crippen MR) is 72.4 cm³/mol. The van der Waals surface area contributed by atoms with Gasteiger partial charge in [0, 0.05) is 15.9 Å². The highest BCUT2D eigenvalue weighted by molar-refractivity contribution is 9.10. The number of nitrogens with one attached hydrogen (secondary N) is 2. The summed E-state index contributed by atoms with van der Waals surface area (Å²) in [7, 11) is 0. The molecule has 0 saturated heterocycles. The van der Waals surface area contributed by atoms with Gasteiger partial charge in [-0.15, -0.1) is 11.3 Å². The van der Waals surface area contributed by atoms with E-state index in [9.17, 15) is 0 Å². The van der Waals surface area contributed by atoms with Crippen LogP contribution in [-0.4, -0.2) is 10.2 Å². The van der Waals surface area contributed by atoms with Crippen molar-refractivity contribution in [2.45, 2.75) is 20.4 Å². The number of aryl methyl sites for hydroxylation is 2. The van der Waals surface area contributed by atoms with E-state index >= 15 is 0 Å². The van der Waals surface area contributed by atoms with Crippen molar-refractivity contribution < 1.29 is 0 Å². The number of aromatic nitrogens is 2. The summed E-state index contributed by atoms with van der Waals surface area (Å²) in [6.07, 6.45) is 0. The average Bonchev–Trinajstić information content (AvgIpc) is 2.70. The molecule has 0 radical (unpaired) electrons. The fourth-order valence-corrected chi connectivity index (χ4v) is 3.20. The first kappa shape index (κ1) is 12.0. The quantitative estimate of drug-likeness (QED) is 0.893. The lowest BCUT2D eigenvalue weighted by Crippen LogP contribution is -1.99. The Morgan fingerprint density at radius 1 is 1.56 bits per heavy atom. The number of aromatic amines is 1. The maximum Gasteiger partial charge on any atom is 0.107 e. The van der Waals surface area contributed by atoms with Gasteiger partial charge in [-0.1, -0.05) is 11.6 Å². The van der Waals surface area contributed by atoms with Gasteiger partial charge in [0.05, 0.1) is 17.1 Å². The molecule has 0 saturated carbocycles. The number of thiophene rings is 1. The molecule has 2 N–H and O–H groups in total. The fraction of sp³-hybridized carbons (Fsp3) is 0.300. The van der Waals surface area contributed by atoms with Crippen LogP contribution in [0.1, 0.15) is 16.3 Å². The van der Waals surface area contributed by atoms with E-state index in [4.69, 9.17) is 11.6 Å². The van der Waals surface area contributed by atoms with Crippen LogP contribution in [0.5, 0.6) is 0 Å². The second kappa shape index (κ2) is 4.77. The minimum Gasteiger partial charge on any atom is -0.377 e. The van der Waals surface area contributed by atoms with Crippen molar-refractivity contribution in [3.8, 4) is 0 Å². The SMILES string of the molecule is Cc1n[nH]c(C)c1NCc1cc(Br)c(Cl)s1. The van der Waals surface area contributed by atoms with Crippen LogP contribution in [0.25, 0.3) is 0 Å². The molecule has 2 rings (SSSR count). The summed E-state index contributed by atoms with van der Waals surface area (Å²) in [4.78, 5) is 1.19. The molecular formula is C10H11BrClN3S. The molecule has 6 heteroatoms. The molecule has 0 unspecified atom stereocenters. The fourth-order valence-electron chi connectivity index (χ4n) is 1.47. The first-order valence-electron chi connectivity index (χ1n) is 4.77. The Morgan fingerprint density at radius 3 is 2.81 bits per heavy atom. The highest BCUT2D eigenvalue weighted by Crippen LogP contribution is 2.32. The molecule has 0 bridgehead atoms. The molecule has 0 spiro atoms. The predicted octanol–water partition coefficient (Wildman–Crippen LogP) is 4.12. The van der Waals surface area contributed by atoms with Gasteiger partial charge in [-0.25, -0.2) is 0 Å². The van der Waals surface area contributed by atoms with Crippen molar-refractivity contribution in [2.24, 2.45) is 0 Å². The summed E-state index contributed by atoms with van der Waals surface area (Å²) < 4.78 is 1.74. The van der Waals surface area contributed by atoms with Crippen molar-refractivity contribution in [3.05, 3.63) is 31.1 Å². The van der Waals surface area contributed by atoms with Gasteiger partial charge in [0.15, 0.2) is 0 Å². The zero-order chi connectivity index (χ0) is 11.7. The molecule has 0 aliphatic heterocycles. The van der Waals surface area contributed by atoms with E-state index in [-0.39, 0.29) is 0 Å². The van der Waals surface area contributed by atoms with Crippen LogP contribution < -0.4 is 5.32 Å². The van der Waals surface area contributed by atoms with Crippen molar-refractivity contribution in [1.82, 2.24) is 10.2 Å². The van der Waals surface area contributed by atoms with E-state index in [1.807, 2.05) is 19.9 Å². The van der Waals surface area contributed by atoms with Gasteiger partial charge >= 0.3 is 0 Å². The van der Waals surface area contributed by atoms with Gasteiger partial charge in [-0.05, 0) is 35.8 Å². The van der Waals surface area contributed by atoms with Crippen LogP contribution in [0.4, 0.5) is 5.69 Å². The minimum atomic E-state index is 0.761. The highest BCUT2D eigenvalue weighted by atomic mass is 79.9. The molecule has 0 fully saturated rings. The van der Waals surface area contributed by atoms with E-state index in [1.54, 1.807) is 11.3 Å². The standard InChI is InChI=1S/C10H11BrClN3S/c1-5-9(6(2)15-14-5)13-4-7-3-8(11)10(12)16-7/h3,13H,4H2,1-2H3,(H,14,15). The van der Waals surface area contributed by atoms with E-state index in [0.29, 0.717) is 0 Å². The maximum atomic E-state index is 5.98. The Kier molecular flexibility index (Phi) is 3.56. The third kappa shape index (κ3) is 2.42. The van der Waals surface area contributed by atoms with Crippen LogP contribution in [0.2, 0.25) is 4.34 Å². The van der Waals surface area contributed by atoms with Crippen LogP contribution >= 0.6 is 38.9 Å². The molecule has 86 valence electrons. The molecule has 0 aromatic carbocycles. The number of rotatable bonds is 3. The number of H-pyrrole nitrogens is 1. The van der Waals surface area contributed by atoms with Crippen molar-refractivity contribution in [1.29, 1.82) is 0 Å². The Labute approximate surface area is 111 Å². The Hall–Kier alpha value is -0.520. The number of nitrogens with zero attached hydrogens (tertiary/aromatic N) is 1. The van der Waals surface area contributed by atoms with Gasteiger partial charge in [0.1, 0.15) is 4.34 Å². The van der Waals surface area contributed by atoms with Crippen molar-refractivity contribution >= 4 is 44.6 Å². The highest BCUT2D eigenvalue weighted by Gasteiger charge is 2.08. The van der Waals surface area contributed by atoms with E-state index < -0.39 is 0 Å². The summed E-state index contributed by atoms with van der Waals surface area (Å²) in [6, 6.07) is 2.03. The molecule has 16 heavy (non-hydrogen) atoms. The molecule has 2 heterocycles. The average molecular weight is 321 g/mol. The van der Waals surface area contributed by atoms with Gasteiger partial charge in [0.25, 0.3) is 0 Å². The normalized spacial score (nSPS) is 10.8. The van der Waals surface area contributed by atoms with Crippen molar-refractivity contribution in [2.75, 3.05) is 5.32 Å². The molecule has 0 aliphatic rings. The number of hydrogen-bond acceptors (Lipinski definition) is 3. The number of halogens is 2. The van der Waals surface area contributed by atoms with Crippen LogP contribution in [0.15, 0.2) is 10.5 Å². The smallest absolute Gasteiger partial charge is 0.107 e. The first-order valence-corrected chi connectivity index (χ1v) is 6.76. The topological polar surface area (TPSA) is 40.7 Å². The molecule has 0 aliphatic carbocycles. The third-order valence-electron chi connectivity index (χ3n) is 2.26. The second-order valence-corrected chi connectivity index (χ2v) is 6.09. The zero-order valence-electron chi connectivity index (χ0n) is 8.90. The summed E-state index contributed by atoms with van der Waals surface area (Å²) >= 11 is 10.9. The van der Waals surface area contributed by atoms with E-state index in [0.717, 1.165) is 32.4 Å². The largest absolute Gasteiger partial charge is 0.377 e. The van der Waals surface area contributed by atoms with Gasteiger partial charge in [0.2, 0.25) is 0 Å². The molecule has 3 nitrogen and oxygen atoms in total. The summed E-state index contributed by atoms with van der Waals surface area (Å²) in [5.74, 6) is 0. The zero-order valence-corrected chi connectivity index (χ0v) is 12.1. The minimum absolute atomic E-state index is 0.761. The third-order valence-corrected chi connectivity index (χ3v) is 4.74. The number of hydrogen-bond donors (Lipinski definition) is 2. The van der Waals surface area contributed by atoms with Gasteiger partial charge < -0.3 is 5.32 Å². The summed E-state index contributed by atoms with van der Waals surface area (Å²) in [5, 5.41) is 10.4. The Balaban J connectivity index is 2.08. The molecule has 0 amide bonds. The maximum absolute atomic E-state index is 5.98. The van der Waals surface area contributed by atoms with Crippen molar-refractivity contribution in [3.63, 3.8) is 0 Å². The molecule has 2 aromatic heterocycles. The lowest BCUT2D eigenvalue weighted by atomic mass is 10.3. The van der Waals surface area contributed by atoms with Crippen LogP contribution in [0.3, 0.4) is 0 Å². The van der Waals surface area contributed by atoms with Crippen LogP contribution in [0, 0.1) is 13.8 Å². The summed E-state index contributed by atoms with van der Waals surface area (Å²) in [5.41, 5.74) is 3.11. The van der Waals surface area contributed by atoms with Crippen LogP contribution in [-0.2, 0) is 6.54 Å². The van der Waals surface area contributed by atoms with E-state index in [2.05, 4.69) is 31.4 Å².